The van der Waals surface area contributed by atoms with E-state index in [0.29, 0.717) is 17.9 Å². The zero-order valence-corrected chi connectivity index (χ0v) is 16.5. The van der Waals surface area contributed by atoms with E-state index in [1.165, 1.54) is 5.56 Å². The van der Waals surface area contributed by atoms with Crippen LogP contribution in [0, 0.1) is 0 Å². The molecule has 1 aromatic heterocycles. The van der Waals surface area contributed by atoms with Crippen molar-refractivity contribution in [3.8, 4) is 5.75 Å². The van der Waals surface area contributed by atoms with Crippen LogP contribution >= 0.6 is 0 Å². The lowest BCUT2D eigenvalue weighted by atomic mass is 9.96. The third kappa shape index (κ3) is 4.72. The van der Waals surface area contributed by atoms with Gasteiger partial charge in [-0.15, -0.1) is 0 Å². The zero-order valence-electron chi connectivity index (χ0n) is 16.5. The number of carbonyl (C=O) groups is 1. The first-order valence-corrected chi connectivity index (χ1v) is 9.96. The number of nitrogens with one attached hydrogen (secondary N) is 1. The Morgan fingerprint density at radius 1 is 1.00 bits per heavy atom. The van der Waals surface area contributed by atoms with Crippen molar-refractivity contribution in [2.24, 2.45) is 0 Å². The van der Waals surface area contributed by atoms with Crippen LogP contribution < -0.4 is 10.1 Å². The molecule has 0 bridgehead atoms. The third-order valence-electron chi connectivity index (χ3n) is 5.10. The van der Waals surface area contributed by atoms with E-state index >= 15 is 0 Å². The molecule has 0 amide bonds. The Morgan fingerprint density at radius 3 is 2.69 bits per heavy atom. The van der Waals surface area contributed by atoms with Crippen LogP contribution in [0.4, 0.5) is 5.69 Å². The second kappa shape index (κ2) is 8.74. The van der Waals surface area contributed by atoms with E-state index in [9.17, 15) is 4.79 Å². The number of anilines is 1. The summed E-state index contributed by atoms with van der Waals surface area (Å²) in [6.07, 6.45) is 7.52. The van der Waals surface area contributed by atoms with Crippen LogP contribution in [0.1, 0.15) is 42.5 Å². The van der Waals surface area contributed by atoms with Crippen molar-refractivity contribution in [3.63, 3.8) is 0 Å². The molecule has 1 heterocycles. The first kappa shape index (κ1) is 18.9. The van der Waals surface area contributed by atoms with E-state index in [4.69, 9.17) is 4.74 Å². The Morgan fingerprint density at radius 2 is 1.83 bits per heavy atom. The first-order valence-electron chi connectivity index (χ1n) is 9.96. The van der Waals surface area contributed by atoms with Crippen molar-refractivity contribution < 1.29 is 9.53 Å². The molecule has 2 aromatic carbocycles. The highest BCUT2D eigenvalue weighted by molar-refractivity contribution is 5.96. The standard InChI is InChI=1S/C25H24N2O2/c1-18(19-12-14-26-15-13-19)27-21-8-5-10-23(16-21)29-25-17-22(28)9-4-7-20-6-2-3-11-24(20)25/h2-3,5-6,8,10-18,27H,4,7,9H2,1H3. The molecular formula is C25H24N2O2. The van der Waals surface area contributed by atoms with Gasteiger partial charge in [-0.05, 0) is 55.2 Å². The maximum Gasteiger partial charge on any atom is 0.159 e. The van der Waals surface area contributed by atoms with Gasteiger partial charge in [-0.1, -0.05) is 30.3 Å². The van der Waals surface area contributed by atoms with Crippen molar-refractivity contribution in [3.05, 3.63) is 95.8 Å². The summed E-state index contributed by atoms with van der Waals surface area (Å²) in [5.41, 5.74) is 4.32. The lowest BCUT2D eigenvalue weighted by Gasteiger charge is -2.18. The lowest BCUT2D eigenvalue weighted by Crippen LogP contribution is -2.08. The number of benzene rings is 2. The molecule has 0 saturated heterocycles. The molecule has 29 heavy (non-hydrogen) atoms. The number of ether oxygens (including phenoxy) is 1. The highest BCUT2D eigenvalue weighted by Crippen LogP contribution is 2.29. The van der Waals surface area contributed by atoms with Crippen molar-refractivity contribution in [2.75, 3.05) is 5.32 Å². The van der Waals surface area contributed by atoms with Crippen molar-refractivity contribution >= 4 is 17.2 Å². The fraction of sp³-hybridized carbons (Fsp3) is 0.200. The quantitative estimate of drug-likeness (QED) is 0.624. The maximum atomic E-state index is 12.2. The van der Waals surface area contributed by atoms with Crippen LogP contribution in [0.5, 0.6) is 5.75 Å². The van der Waals surface area contributed by atoms with E-state index in [1.807, 2.05) is 54.6 Å². The lowest BCUT2D eigenvalue weighted by molar-refractivity contribution is -0.114. The highest BCUT2D eigenvalue weighted by atomic mass is 16.5. The second-order valence-corrected chi connectivity index (χ2v) is 7.26. The summed E-state index contributed by atoms with van der Waals surface area (Å²) >= 11 is 0. The number of hydrogen-bond donors (Lipinski definition) is 1. The molecule has 0 aliphatic heterocycles. The number of ketones is 1. The first-order chi connectivity index (χ1) is 14.2. The Labute approximate surface area is 171 Å². The average Bonchev–Trinajstić information content (AvgIpc) is 2.73. The smallest absolute Gasteiger partial charge is 0.159 e. The Hall–Kier alpha value is -3.40. The Balaban J connectivity index is 1.57. The molecule has 1 N–H and O–H groups in total. The fourth-order valence-corrected chi connectivity index (χ4v) is 3.57. The van der Waals surface area contributed by atoms with Crippen LogP contribution in [0.15, 0.2) is 79.1 Å². The van der Waals surface area contributed by atoms with Crippen LogP contribution in [0.3, 0.4) is 0 Å². The molecule has 0 saturated carbocycles. The van der Waals surface area contributed by atoms with Crippen LogP contribution in [0.2, 0.25) is 0 Å². The van der Waals surface area contributed by atoms with Gasteiger partial charge in [0.1, 0.15) is 11.5 Å². The summed E-state index contributed by atoms with van der Waals surface area (Å²) in [5.74, 6) is 1.42. The fourth-order valence-electron chi connectivity index (χ4n) is 3.57. The third-order valence-corrected chi connectivity index (χ3v) is 5.10. The van der Waals surface area contributed by atoms with Gasteiger partial charge in [-0.25, -0.2) is 0 Å². The van der Waals surface area contributed by atoms with Gasteiger partial charge in [-0.2, -0.15) is 0 Å². The molecule has 1 aliphatic rings. The molecule has 0 fully saturated rings. The van der Waals surface area contributed by atoms with Gasteiger partial charge in [0.25, 0.3) is 0 Å². The summed E-state index contributed by atoms with van der Waals surface area (Å²) in [6, 6.07) is 20.1. The van der Waals surface area contributed by atoms with Crippen LogP contribution in [0.25, 0.3) is 5.76 Å². The number of carbonyl (C=O) groups excluding carboxylic acids is 1. The van der Waals surface area contributed by atoms with Gasteiger partial charge in [0.05, 0.1) is 0 Å². The number of hydrogen-bond acceptors (Lipinski definition) is 4. The molecule has 146 valence electrons. The van der Waals surface area contributed by atoms with E-state index < -0.39 is 0 Å². The Kier molecular flexibility index (Phi) is 5.71. The summed E-state index contributed by atoms with van der Waals surface area (Å²) in [5, 5.41) is 3.49. The SMILES string of the molecule is CC(Nc1cccc(OC2=CC(=O)CCCc3ccccc32)c1)c1ccncc1. The van der Waals surface area contributed by atoms with E-state index in [-0.39, 0.29) is 11.8 Å². The van der Waals surface area contributed by atoms with E-state index in [2.05, 4.69) is 23.3 Å². The number of fused-ring (bicyclic) bond motifs is 1. The number of pyridine rings is 1. The number of allylic oxidation sites excluding steroid dienone is 1. The second-order valence-electron chi connectivity index (χ2n) is 7.26. The molecule has 3 aromatic rings. The van der Waals surface area contributed by atoms with Gasteiger partial charge in [0.2, 0.25) is 0 Å². The molecule has 4 heteroatoms. The number of aromatic nitrogens is 1. The van der Waals surface area contributed by atoms with Crippen molar-refractivity contribution in [1.29, 1.82) is 0 Å². The van der Waals surface area contributed by atoms with Crippen molar-refractivity contribution in [1.82, 2.24) is 4.98 Å². The average molecular weight is 384 g/mol. The van der Waals surface area contributed by atoms with E-state index in [0.717, 1.165) is 29.7 Å². The highest BCUT2D eigenvalue weighted by Gasteiger charge is 2.16. The van der Waals surface area contributed by atoms with Gasteiger partial charge in [0.15, 0.2) is 5.78 Å². The minimum atomic E-state index is 0.107. The topological polar surface area (TPSA) is 51.2 Å². The molecule has 0 spiro atoms. The molecule has 4 rings (SSSR count). The minimum Gasteiger partial charge on any atom is -0.457 e. The van der Waals surface area contributed by atoms with Gasteiger partial charge >= 0.3 is 0 Å². The predicted octanol–water partition coefficient (Wildman–Crippen LogP) is 5.58. The number of nitrogens with zero attached hydrogens (tertiary/aromatic N) is 1. The normalized spacial score (nSPS) is 14.8. The van der Waals surface area contributed by atoms with Gasteiger partial charge < -0.3 is 10.1 Å². The minimum absolute atomic E-state index is 0.107. The van der Waals surface area contributed by atoms with Gasteiger partial charge in [0, 0.05) is 48.2 Å². The zero-order chi connectivity index (χ0) is 20.1. The van der Waals surface area contributed by atoms with E-state index in [1.54, 1.807) is 18.5 Å². The monoisotopic (exact) mass is 384 g/mol. The molecule has 0 radical (unpaired) electrons. The summed E-state index contributed by atoms with van der Waals surface area (Å²) in [6.45, 7) is 2.11. The maximum absolute atomic E-state index is 12.2. The molecule has 1 aliphatic carbocycles. The van der Waals surface area contributed by atoms with Crippen LogP contribution in [-0.2, 0) is 11.2 Å². The molecule has 4 nitrogen and oxygen atoms in total. The number of rotatable bonds is 5. The summed E-state index contributed by atoms with van der Waals surface area (Å²) < 4.78 is 6.21. The van der Waals surface area contributed by atoms with Gasteiger partial charge in [-0.3, -0.25) is 9.78 Å². The Bertz CT molecular complexity index is 1030. The van der Waals surface area contributed by atoms with Crippen LogP contribution in [-0.4, -0.2) is 10.8 Å². The predicted molar refractivity (Wildman–Crippen MR) is 116 cm³/mol. The summed E-state index contributed by atoms with van der Waals surface area (Å²) in [7, 11) is 0. The van der Waals surface area contributed by atoms with Crippen molar-refractivity contribution in [2.45, 2.75) is 32.2 Å². The largest absolute Gasteiger partial charge is 0.457 e. The molecule has 1 atom stereocenters. The molecule has 1 unspecified atom stereocenters. The number of aryl methyl sites for hydroxylation is 1. The molecular weight excluding hydrogens is 360 g/mol. The summed E-state index contributed by atoms with van der Waals surface area (Å²) in [4.78, 5) is 16.3.